The van der Waals surface area contributed by atoms with Gasteiger partial charge in [0.25, 0.3) is 11.7 Å². The van der Waals surface area contributed by atoms with Crippen LogP contribution in [-0.4, -0.2) is 39.4 Å². The van der Waals surface area contributed by atoms with E-state index in [1.165, 1.54) is 4.90 Å². The number of benzene rings is 2. The molecule has 4 rings (SSSR count). The molecule has 1 N–H and O–H groups in total. The van der Waals surface area contributed by atoms with Gasteiger partial charge in [0.1, 0.15) is 17.3 Å². The van der Waals surface area contributed by atoms with Crippen molar-refractivity contribution in [2.75, 3.05) is 6.61 Å². The number of carbonyl (C=O) groups is 2. The molecule has 0 saturated carbocycles. The highest BCUT2D eigenvalue weighted by Gasteiger charge is 2.46. The number of carbonyl (C=O) groups excluding carboxylic acids is 2. The van der Waals surface area contributed by atoms with Gasteiger partial charge in [-0.1, -0.05) is 18.2 Å². The number of hydrogen-bond donors (Lipinski definition) is 1. The first-order valence-electron chi connectivity index (χ1n) is 11.6. The average molecular weight is 473 g/mol. The molecule has 1 saturated heterocycles. The summed E-state index contributed by atoms with van der Waals surface area (Å²) in [6.07, 6.45) is 3.31. The summed E-state index contributed by atoms with van der Waals surface area (Å²) in [6, 6.07) is 16.9. The molecule has 1 atom stereocenters. The van der Waals surface area contributed by atoms with E-state index >= 15 is 0 Å². The first-order valence-corrected chi connectivity index (χ1v) is 11.6. The molecule has 1 aliphatic heterocycles. The molecule has 0 aliphatic carbocycles. The lowest BCUT2D eigenvalue weighted by Crippen LogP contribution is -2.29. The van der Waals surface area contributed by atoms with Gasteiger partial charge in [-0.15, -0.1) is 0 Å². The lowest BCUT2D eigenvalue weighted by atomic mass is 9.95. The Hall–Kier alpha value is -4.13. The van der Waals surface area contributed by atoms with E-state index in [0.29, 0.717) is 29.2 Å². The van der Waals surface area contributed by atoms with Crippen molar-refractivity contribution in [2.45, 2.75) is 39.5 Å². The standard InChI is InChI=1S/C28H28N2O5/c1-4-34-22-11-7-20(8-12-22)25-24(26(31)21-9-13-23(14-10-21)35-18(2)3)27(32)28(33)30(25)17-19-6-5-15-29-16-19/h5-16,18,25,31H,4,17H2,1-3H3/t25-/m0/s1. The van der Waals surface area contributed by atoms with E-state index < -0.39 is 17.7 Å². The van der Waals surface area contributed by atoms with E-state index in [1.54, 1.807) is 54.9 Å². The zero-order valence-corrected chi connectivity index (χ0v) is 20.0. The zero-order chi connectivity index (χ0) is 24.9. The van der Waals surface area contributed by atoms with Gasteiger partial charge in [0, 0.05) is 24.5 Å². The second-order valence-corrected chi connectivity index (χ2v) is 8.48. The van der Waals surface area contributed by atoms with Crippen molar-refractivity contribution in [2.24, 2.45) is 0 Å². The summed E-state index contributed by atoms with van der Waals surface area (Å²) < 4.78 is 11.2. The molecule has 1 aromatic heterocycles. The van der Waals surface area contributed by atoms with Crippen molar-refractivity contribution >= 4 is 17.4 Å². The van der Waals surface area contributed by atoms with Crippen LogP contribution in [0.2, 0.25) is 0 Å². The van der Waals surface area contributed by atoms with Crippen LogP contribution >= 0.6 is 0 Å². The van der Waals surface area contributed by atoms with Gasteiger partial charge < -0.3 is 19.5 Å². The molecule has 0 bridgehead atoms. The van der Waals surface area contributed by atoms with Crippen LogP contribution in [0.4, 0.5) is 0 Å². The van der Waals surface area contributed by atoms with Crippen LogP contribution in [0.5, 0.6) is 11.5 Å². The van der Waals surface area contributed by atoms with E-state index in [9.17, 15) is 14.7 Å². The van der Waals surface area contributed by atoms with E-state index in [4.69, 9.17) is 9.47 Å². The molecule has 2 heterocycles. The van der Waals surface area contributed by atoms with Crippen LogP contribution in [0.1, 0.15) is 43.5 Å². The monoisotopic (exact) mass is 472 g/mol. The minimum Gasteiger partial charge on any atom is -0.507 e. The quantitative estimate of drug-likeness (QED) is 0.285. The molecule has 1 aliphatic rings. The number of aliphatic hydroxyl groups is 1. The molecular weight excluding hydrogens is 444 g/mol. The fraction of sp³-hybridized carbons (Fsp3) is 0.250. The lowest BCUT2D eigenvalue weighted by Gasteiger charge is -2.25. The molecule has 2 aromatic carbocycles. The average Bonchev–Trinajstić information content (AvgIpc) is 3.10. The number of nitrogens with zero attached hydrogens (tertiary/aromatic N) is 2. The number of amides is 1. The fourth-order valence-corrected chi connectivity index (χ4v) is 4.11. The number of hydrogen-bond acceptors (Lipinski definition) is 6. The third kappa shape index (κ3) is 5.19. The fourth-order valence-electron chi connectivity index (χ4n) is 4.11. The van der Waals surface area contributed by atoms with Gasteiger partial charge in [-0.3, -0.25) is 14.6 Å². The Kier molecular flexibility index (Phi) is 7.15. The predicted molar refractivity (Wildman–Crippen MR) is 132 cm³/mol. The molecule has 7 heteroatoms. The maximum atomic E-state index is 13.2. The van der Waals surface area contributed by atoms with E-state index in [1.807, 2.05) is 39.0 Å². The van der Waals surface area contributed by atoms with Crippen molar-refractivity contribution < 1.29 is 24.2 Å². The molecule has 180 valence electrons. The second-order valence-electron chi connectivity index (χ2n) is 8.48. The first kappa shape index (κ1) is 24.0. The van der Waals surface area contributed by atoms with Gasteiger partial charge in [0.15, 0.2) is 0 Å². The molecule has 3 aromatic rings. The zero-order valence-electron chi connectivity index (χ0n) is 20.0. The van der Waals surface area contributed by atoms with E-state index in [0.717, 1.165) is 5.56 Å². The van der Waals surface area contributed by atoms with Gasteiger partial charge in [-0.05, 0) is 74.4 Å². The van der Waals surface area contributed by atoms with Gasteiger partial charge >= 0.3 is 0 Å². The highest BCUT2D eigenvalue weighted by atomic mass is 16.5. The Morgan fingerprint density at radius 1 is 1.03 bits per heavy atom. The third-order valence-electron chi connectivity index (χ3n) is 5.62. The Morgan fingerprint density at radius 2 is 1.71 bits per heavy atom. The van der Waals surface area contributed by atoms with Crippen LogP contribution in [0.3, 0.4) is 0 Å². The second kappa shape index (κ2) is 10.4. The van der Waals surface area contributed by atoms with Gasteiger partial charge in [-0.25, -0.2) is 0 Å². The topological polar surface area (TPSA) is 89.0 Å². The van der Waals surface area contributed by atoms with Crippen LogP contribution < -0.4 is 9.47 Å². The maximum Gasteiger partial charge on any atom is 0.295 e. The smallest absolute Gasteiger partial charge is 0.295 e. The van der Waals surface area contributed by atoms with Gasteiger partial charge in [-0.2, -0.15) is 0 Å². The number of rotatable bonds is 8. The number of Topliss-reactive ketones (excluding diaryl/α,β-unsaturated/α-hetero) is 1. The minimum absolute atomic E-state index is 0.00640. The molecule has 0 radical (unpaired) electrons. The minimum atomic E-state index is -0.766. The van der Waals surface area contributed by atoms with Crippen LogP contribution in [0.25, 0.3) is 5.76 Å². The van der Waals surface area contributed by atoms with Crippen molar-refractivity contribution in [1.82, 2.24) is 9.88 Å². The van der Waals surface area contributed by atoms with Gasteiger partial charge in [0.05, 0.1) is 24.3 Å². The number of ether oxygens (including phenoxy) is 2. The lowest BCUT2D eigenvalue weighted by molar-refractivity contribution is -0.140. The largest absolute Gasteiger partial charge is 0.507 e. The number of aromatic nitrogens is 1. The van der Waals surface area contributed by atoms with Crippen molar-refractivity contribution in [3.63, 3.8) is 0 Å². The Labute approximate surface area is 204 Å². The normalized spacial score (nSPS) is 17.1. The SMILES string of the molecule is CCOc1ccc([C@H]2C(=C(O)c3ccc(OC(C)C)cc3)C(=O)C(=O)N2Cc2cccnc2)cc1. The molecule has 1 amide bonds. The van der Waals surface area contributed by atoms with E-state index in [-0.39, 0.29) is 24.0 Å². The van der Waals surface area contributed by atoms with Crippen LogP contribution in [0.15, 0.2) is 78.6 Å². The molecule has 7 nitrogen and oxygen atoms in total. The van der Waals surface area contributed by atoms with Gasteiger partial charge in [0.2, 0.25) is 0 Å². The summed E-state index contributed by atoms with van der Waals surface area (Å²) in [6.45, 7) is 6.45. The maximum absolute atomic E-state index is 13.2. The van der Waals surface area contributed by atoms with Crippen LogP contribution in [-0.2, 0) is 16.1 Å². The number of ketones is 1. The first-order chi connectivity index (χ1) is 16.9. The highest BCUT2D eigenvalue weighted by Crippen LogP contribution is 2.40. The Balaban J connectivity index is 1.78. The van der Waals surface area contributed by atoms with Crippen molar-refractivity contribution in [3.8, 4) is 11.5 Å². The summed E-state index contributed by atoms with van der Waals surface area (Å²) >= 11 is 0. The summed E-state index contributed by atoms with van der Waals surface area (Å²) in [5.74, 6) is -0.299. The molecular formula is C28H28N2O5. The molecule has 0 unspecified atom stereocenters. The third-order valence-corrected chi connectivity index (χ3v) is 5.62. The summed E-state index contributed by atoms with van der Waals surface area (Å²) in [7, 11) is 0. The highest BCUT2D eigenvalue weighted by molar-refractivity contribution is 6.46. The van der Waals surface area contributed by atoms with E-state index in [2.05, 4.69) is 4.98 Å². The number of likely N-dealkylation sites (tertiary alicyclic amines) is 1. The molecule has 0 spiro atoms. The number of aliphatic hydroxyl groups excluding tert-OH is 1. The summed E-state index contributed by atoms with van der Waals surface area (Å²) in [5.41, 5.74) is 1.94. The summed E-state index contributed by atoms with van der Waals surface area (Å²) in [4.78, 5) is 31.9. The molecule has 35 heavy (non-hydrogen) atoms. The Morgan fingerprint density at radius 3 is 2.31 bits per heavy atom. The number of pyridine rings is 1. The molecule has 1 fully saturated rings. The van der Waals surface area contributed by atoms with Crippen molar-refractivity contribution in [3.05, 3.63) is 95.3 Å². The summed E-state index contributed by atoms with van der Waals surface area (Å²) in [5, 5.41) is 11.2. The predicted octanol–water partition coefficient (Wildman–Crippen LogP) is 4.89. The Bertz CT molecular complexity index is 1220. The van der Waals surface area contributed by atoms with Crippen LogP contribution in [0, 0.1) is 0 Å². The van der Waals surface area contributed by atoms with Crippen molar-refractivity contribution in [1.29, 1.82) is 0 Å².